The van der Waals surface area contributed by atoms with Crippen molar-refractivity contribution >= 4 is 0 Å². The molecule has 0 saturated heterocycles. The molecular weight excluding hydrogens is 208 g/mol. The highest BCUT2D eigenvalue weighted by Crippen LogP contribution is 2.37. The van der Waals surface area contributed by atoms with Gasteiger partial charge < -0.3 is 20.4 Å². The number of aromatic hydroxyl groups is 1. The lowest BCUT2D eigenvalue weighted by Crippen LogP contribution is -2.23. The Balaban J connectivity index is 2.41. The quantitative estimate of drug-likeness (QED) is 0.588. The first-order valence-electron chi connectivity index (χ1n) is 5.41. The van der Waals surface area contributed by atoms with Crippen LogP contribution >= 0.6 is 0 Å². The van der Waals surface area contributed by atoms with Gasteiger partial charge in [-0.3, -0.25) is 0 Å². The molecule has 1 aliphatic carbocycles. The number of benzene rings is 1. The molecule has 0 aliphatic heterocycles. The van der Waals surface area contributed by atoms with Crippen molar-refractivity contribution in [3.63, 3.8) is 0 Å². The van der Waals surface area contributed by atoms with Crippen molar-refractivity contribution in [3.05, 3.63) is 28.8 Å². The zero-order valence-electron chi connectivity index (χ0n) is 8.93. The van der Waals surface area contributed by atoms with Crippen LogP contribution in [0.4, 0.5) is 0 Å². The van der Waals surface area contributed by atoms with E-state index in [4.69, 9.17) is 10.2 Å². The third-order valence-electron chi connectivity index (χ3n) is 3.29. The fourth-order valence-corrected chi connectivity index (χ4v) is 2.26. The highest BCUT2D eigenvalue weighted by atomic mass is 16.3. The number of aliphatic hydroxyl groups is 3. The second-order valence-corrected chi connectivity index (χ2v) is 4.26. The van der Waals surface area contributed by atoms with Gasteiger partial charge in [-0.1, -0.05) is 0 Å². The van der Waals surface area contributed by atoms with Gasteiger partial charge in [0.2, 0.25) is 0 Å². The van der Waals surface area contributed by atoms with E-state index in [0.29, 0.717) is 11.1 Å². The maximum atomic E-state index is 9.98. The molecule has 0 spiro atoms. The summed E-state index contributed by atoms with van der Waals surface area (Å²) in [5.74, 6) is -0.161. The summed E-state index contributed by atoms with van der Waals surface area (Å²) >= 11 is 0. The Morgan fingerprint density at radius 1 is 1.25 bits per heavy atom. The van der Waals surface area contributed by atoms with Crippen molar-refractivity contribution in [1.29, 1.82) is 0 Å². The first-order valence-corrected chi connectivity index (χ1v) is 5.41. The zero-order chi connectivity index (χ0) is 11.7. The first-order chi connectivity index (χ1) is 7.67. The van der Waals surface area contributed by atoms with E-state index in [2.05, 4.69) is 0 Å². The standard InChI is InChI=1S/C12H16O4/c13-5-8-2-1-7-3-9(6-14)11(15)4-10(7)12(8)16/h3-4,8,12-16H,1-2,5-6H2. The molecule has 2 unspecified atom stereocenters. The first kappa shape index (κ1) is 11.4. The monoisotopic (exact) mass is 224 g/mol. The maximum Gasteiger partial charge on any atom is 0.121 e. The topological polar surface area (TPSA) is 80.9 Å². The van der Waals surface area contributed by atoms with Crippen LogP contribution in [0.3, 0.4) is 0 Å². The Kier molecular flexibility index (Phi) is 3.14. The second-order valence-electron chi connectivity index (χ2n) is 4.26. The molecule has 0 radical (unpaired) electrons. The molecule has 1 aromatic carbocycles. The minimum absolute atomic E-state index is 0.00103. The van der Waals surface area contributed by atoms with Crippen LogP contribution in [-0.2, 0) is 13.0 Å². The van der Waals surface area contributed by atoms with Gasteiger partial charge in [-0.2, -0.15) is 0 Å². The molecule has 1 aromatic rings. The van der Waals surface area contributed by atoms with Gasteiger partial charge >= 0.3 is 0 Å². The summed E-state index contributed by atoms with van der Waals surface area (Å²) in [7, 11) is 0. The molecule has 4 N–H and O–H groups in total. The highest BCUT2D eigenvalue weighted by Gasteiger charge is 2.28. The molecule has 0 heterocycles. The van der Waals surface area contributed by atoms with Gasteiger partial charge in [-0.25, -0.2) is 0 Å². The van der Waals surface area contributed by atoms with Crippen LogP contribution < -0.4 is 0 Å². The fraction of sp³-hybridized carbons (Fsp3) is 0.500. The minimum Gasteiger partial charge on any atom is -0.508 e. The fourth-order valence-electron chi connectivity index (χ4n) is 2.26. The number of aliphatic hydroxyl groups excluding tert-OH is 3. The molecule has 88 valence electrons. The predicted molar refractivity (Wildman–Crippen MR) is 57.9 cm³/mol. The normalized spacial score (nSPS) is 24.2. The summed E-state index contributed by atoms with van der Waals surface area (Å²) in [4.78, 5) is 0. The Hall–Kier alpha value is -1.10. The number of aryl methyl sites for hydroxylation is 1. The molecule has 4 heteroatoms. The average molecular weight is 224 g/mol. The molecule has 0 bridgehead atoms. The Morgan fingerprint density at radius 3 is 2.62 bits per heavy atom. The predicted octanol–water partition coefficient (Wildman–Crippen LogP) is 0.473. The van der Waals surface area contributed by atoms with Gasteiger partial charge in [0.25, 0.3) is 0 Å². The van der Waals surface area contributed by atoms with Crippen molar-refractivity contribution in [2.45, 2.75) is 25.6 Å². The van der Waals surface area contributed by atoms with E-state index >= 15 is 0 Å². The molecule has 16 heavy (non-hydrogen) atoms. The van der Waals surface area contributed by atoms with E-state index < -0.39 is 6.10 Å². The van der Waals surface area contributed by atoms with Gasteiger partial charge in [-0.15, -0.1) is 0 Å². The summed E-state index contributed by atoms with van der Waals surface area (Å²) in [6.07, 6.45) is 0.748. The lowest BCUT2D eigenvalue weighted by molar-refractivity contribution is 0.0540. The molecule has 0 amide bonds. The molecule has 4 nitrogen and oxygen atoms in total. The molecule has 0 fully saturated rings. The van der Waals surface area contributed by atoms with Crippen molar-refractivity contribution in [3.8, 4) is 5.75 Å². The van der Waals surface area contributed by atoms with Gasteiger partial charge in [0, 0.05) is 18.1 Å². The van der Waals surface area contributed by atoms with E-state index in [1.807, 2.05) is 0 Å². The van der Waals surface area contributed by atoms with Crippen LogP contribution in [0.5, 0.6) is 5.75 Å². The molecule has 2 rings (SSSR count). The van der Waals surface area contributed by atoms with Crippen LogP contribution in [-0.4, -0.2) is 27.0 Å². The number of rotatable bonds is 2. The summed E-state index contributed by atoms with van der Waals surface area (Å²) < 4.78 is 0. The molecule has 2 atom stereocenters. The molecule has 0 aromatic heterocycles. The number of hydrogen-bond donors (Lipinski definition) is 4. The highest BCUT2D eigenvalue weighted by molar-refractivity contribution is 5.44. The van der Waals surface area contributed by atoms with Crippen molar-refractivity contribution in [1.82, 2.24) is 0 Å². The largest absolute Gasteiger partial charge is 0.508 e. The number of phenols is 1. The second kappa shape index (κ2) is 4.41. The number of hydrogen-bond acceptors (Lipinski definition) is 4. The average Bonchev–Trinajstić information content (AvgIpc) is 2.30. The minimum atomic E-state index is -0.729. The van der Waals surface area contributed by atoms with E-state index in [9.17, 15) is 10.2 Å². The van der Waals surface area contributed by atoms with Crippen LogP contribution in [0.25, 0.3) is 0 Å². The van der Waals surface area contributed by atoms with E-state index in [0.717, 1.165) is 18.4 Å². The summed E-state index contributed by atoms with van der Waals surface area (Å²) in [5, 5.41) is 37.7. The Morgan fingerprint density at radius 2 is 2.00 bits per heavy atom. The summed E-state index contributed by atoms with van der Waals surface area (Å²) in [5.41, 5.74) is 2.09. The number of fused-ring (bicyclic) bond motifs is 1. The third-order valence-corrected chi connectivity index (χ3v) is 3.29. The van der Waals surface area contributed by atoms with Gasteiger partial charge in [0.15, 0.2) is 0 Å². The summed E-state index contributed by atoms with van der Waals surface area (Å²) in [6.45, 7) is -0.262. The van der Waals surface area contributed by atoms with Crippen LogP contribution in [0, 0.1) is 5.92 Å². The SMILES string of the molecule is OCc1cc2c(cc1O)C(O)C(CO)CC2. The molecule has 1 aliphatic rings. The molecule has 0 saturated carbocycles. The van der Waals surface area contributed by atoms with Crippen LogP contribution in [0.1, 0.15) is 29.2 Å². The smallest absolute Gasteiger partial charge is 0.121 e. The van der Waals surface area contributed by atoms with Gasteiger partial charge in [-0.05, 0) is 36.1 Å². The van der Waals surface area contributed by atoms with Crippen molar-refractivity contribution in [2.75, 3.05) is 6.61 Å². The molecular formula is C12H16O4. The van der Waals surface area contributed by atoms with Crippen LogP contribution in [0.15, 0.2) is 12.1 Å². The van der Waals surface area contributed by atoms with Crippen molar-refractivity contribution < 1.29 is 20.4 Å². The Labute approximate surface area is 93.8 Å². The van der Waals surface area contributed by atoms with Gasteiger partial charge in [0.1, 0.15) is 5.75 Å². The van der Waals surface area contributed by atoms with E-state index in [-0.39, 0.29) is 24.9 Å². The lowest BCUT2D eigenvalue weighted by atomic mass is 9.81. The third kappa shape index (κ3) is 1.80. The van der Waals surface area contributed by atoms with Gasteiger partial charge in [0.05, 0.1) is 12.7 Å². The lowest BCUT2D eigenvalue weighted by Gasteiger charge is -2.29. The maximum absolute atomic E-state index is 9.98. The van der Waals surface area contributed by atoms with E-state index in [1.165, 1.54) is 6.07 Å². The van der Waals surface area contributed by atoms with Crippen LogP contribution in [0.2, 0.25) is 0 Å². The van der Waals surface area contributed by atoms with Crippen molar-refractivity contribution in [2.24, 2.45) is 5.92 Å². The van der Waals surface area contributed by atoms with E-state index in [1.54, 1.807) is 6.07 Å². The summed E-state index contributed by atoms with van der Waals surface area (Å²) in [6, 6.07) is 3.22. The zero-order valence-corrected chi connectivity index (χ0v) is 8.93. The Bertz CT molecular complexity index is 389.